The fraction of sp³-hybridized carbons (Fsp3) is 0.444. The molecule has 3 atom stereocenters. The van der Waals surface area contributed by atoms with Gasteiger partial charge in [-0.3, -0.25) is 9.59 Å². The molecule has 0 bridgehead atoms. The summed E-state index contributed by atoms with van der Waals surface area (Å²) in [5.41, 5.74) is 3.30. The van der Waals surface area contributed by atoms with Gasteiger partial charge in [0.25, 0.3) is 5.91 Å². The first kappa shape index (κ1) is 23.0. The van der Waals surface area contributed by atoms with Crippen molar-refractivity contribution < 1.29 is 14.7 Å². The summed E-state index contributed by atoms with van der Waals surface area (Å²) in [6.07, 6.45) is 4.96. The van der Waals surface area contributed by atoms with Gasteiger partial charge in [0.05, 0.1) is 18.7 Å². The van der Waals surface area contributed by atoms with Crippen LogP contribution >= 0.6 is 0 Å². The number of hydrogen-bond donors (Lipinski definition) is 1. The van der Waals surface area contributed by atoms with Gasteiger partial charge < -0.3 is 14.9 Å². The topological polar surface area (TPSA) is 84.6 Å². The third kappa shape index (κ3) is 4.26. The summed E-state index contributed by atoms with van der Waals surface area (Å²) < 4.78 is 0. The molecular weight excluding hydrogens is 414 g/mol. The molecule has 2 aromatic rings. The quantitative estimate of drug-likeness (QED) is 0.758. The van der Waals surface area contributed by atoms with Crippen molar-refractivity contribution in [2.75, 3.05) is 20.7 Å². The molecule has 2 fully saturated rings. The van der Waals surface area contributed by atoms with Crippen molar-refractivity contribution in [3.05, 3.63) is 59.7 Å². The number of benzene rings is 2. The Hall–Kier alpha value is -3.17. The van der Waals surface area contributed by atoms with Gasteiger partial charge in [-0.2, -0.15) is 5.26 Å². The van der Waals surface area contributed by atoms with E-state index in [9.17, 15) is 20.0 Å². The van der Waals surface area contributed by atoms with Gasteiger partial charge in [0.15, 0.2) is 0 Å². The second-order valence-electron chi connectivity index (χ2n) is 9.30. The number of likely N-dealkylation sites (tertiary alicyclic amines) is 1. The molecule has 0 aromatic heterocycles. The maximum Gasteiger partial charge on any atom is 0.253 e. The molecule has 1 heterocycles. The number of hydrogen-bond acceptors (Lipinski definition) is 4. The van der Waals surface area contributed by atoms with Crippen molar-refractivity contribution in [2.24, 2.45) is 5.92 Å². The highest BCUT2D eigenvalue weighted by Crippen LogP contribution is 2.45. The second kappa shape index (κ2) is 9.76. The zero-order valence-electron chi connectivity index (χ0n) is 19.3. The van der Waals surface area contributed by atoms with E-state index in [-0.39, 0.29) is 30.3 Å². The van der Waals surface area contributed by atoms with Gasteiger partial charge in [-0.15, -0.1) is 0 Å². The number of aliphatic hydroxyl groups is 1. The van der Waals surface area contributed by atoms with Gasteiger partial charge in [0.2, 0.25) is 5.91 Å². The highest BCUT2D eigenvalue weighted by Gasteiger charge is 2.53. The van der Waals surface area contributed by atoms with Gasteiger partial charge >= 0.3 is 0 Å². The minimum Gasteiger partial charge on any atom is -0.394 e. The summed E-state index contributed by atoms with van der Waals surface area (Å²) in [6, 6.07) is 16.6. The predicted molar refractivity (Wildman–Crippen MR) is 126 cm³/mol. The molecule has 4 rings (SSSR count). The predicted octanol–water partition coefficient (Wildman–Crippen LogP) is 3.81. The third-order valence-corrected chi connectivity index (χ3v) is 7.09. The van der Waals surface area contributed by atoms with E-state index in [1.807, 2.05) is 42.5 Å². The van der Waals surface area contributed by atoms with Crippen LogP contribution in [0.25, 0.3) is 11.1 Å². The molecule has 2 aliphatic rings. The van der Waals surface area contributed by atoms with E-state index in [1.165, 1.54) is 0 Å². The Balaban J connectivity index is 1.68. The molecule has 1 aliphatic heterocycles. The van der Waals surface area contributed by atoms with E-state index >= 15 is 0 Å². The maximum absolute atomic E-state index is 13.3. The number of carbonyl (C=O) groups excluding carboxylic acids is 2. The van der Waals surface area contributed by atoms with Crippen LogP contribution in [0.15, 0.2) is 48.5 Å². The molecule has 1 saturated carbocycles. The lowest BCUT2D eigenvalue weighted by Gasteiger charge is -2.53. The average molecular weight is 446 g/mol. The number of rotatable bonds is 5. The van der Waals surface area contributed by atoms with E-state index in [0.717, 1.165) is 48.8 Å². The van der Waals surface area contributed by atoms with Crippen LogP contribution in [0.4, 0.5) is 0 Å². The van der Waals surface area contributed by atoms with Crippen molar-refractivity contribution in [1.82, 2.24) is 9.80 Å². The molecule has 172 valence electrons. The Morgan fingerprint density at radius 1 is 1.09 bits per heavy atom. The molecule has 1 aliphatic carbocycles. The van der Waals surface area contributed by atoms with Gasteiger partial charge in [0, 0.05) is 31.5 Å². The minimum atomic E-state index is -0.607. The lowest BCUT2D eigenvalue weighted by Crippen LogP contribution is -2.66. The first-order valence-electron chi connectivity index (χ1n) is 11.7. The highest BCUT2D eigenvalue weighted by atomic mass is 16.3. The fourth-order valence-corrected chi connectivity index (χ4v) is 5.37. The monoisotopic (exact) mass is 445 g/mol. The van der Waals surface area contributed by atoms with Crippen molar-refractivity contribution in [3.8, 4) is 17.2 Å². The summed E-state index contributed by atoms with van der Waals surface area (Å²) in [7, 11) is 3.44. The zero-order valence-corrected chi connectivity index (χ0v) is 19.3. The van der Waals surface area contributed by atoms with Crippen LogP contribution in [0.2, 0.25) is 0 Å². The molecule has 2 amide bonds. The summed E-state index contributed by atoms with van der Waals surface area (Å²) in [6.45, 7) is -0.186. The third-order valence-electron chi connectivity index (χ3n) is 7.09. The van der Waals surface area contributed by atoms with Crippen molar-refractivity contribution >= 4 is 11.8 Å². The molecule has 1 N–H and O–H groups in total. The molecular formula is C27H31N3O3. The van der Waals surface area contributed by atoms with Crippen LogP contribution in [0.1, 0.15) is 53.9 Å². The normalized spacial score (nSPS) is 22.8. The number of amides is 2. The van der Waals surface area contributed by atoms with Gasteiger partial charge in [-0.05, 0) is 41.7 Å². The first-order valence-corrected chi connectivity index (χ1v) is 11.7. The summed E-state index contributed by atoms with van der Waals surface area (Å²) in [5.74, 6) is -0.400. The molecule has 0 spiro atoms. The Morgan fingerprint density at radius 2 is 1.82 bits per heavy atom. The SMILES string of the molecule is CN(C)C(=O)c1cccc(-c2ccccc2[C@H]2[C@H](C#N)N(C(=O)C3CCCCC3)[C@H]2CO)c1. The molecule has 6 nitrogen and oxygen atoms in total. The first-order chi connectivity index (χ1) is 16.0. The van der Waals surface area contributed by atoms with Gasteiger partial charge in [0.1, 0.15) is 6.04 Å². The largest absolute Gasteiger partial charge is 0.394 e. The van der Waals surface area contributed by atoms with Crippen molar-refractivity contribution in [1.29, 1.82) is 5.26 Å². The van der Waals surface area contributed by atoms with E-state index in [2.05, 4.69) is 6.07 Å². The molecule has 2 aromatic carbocycles. The van der Waals surface area contributed by atoms with Gasteiger partial charge in [-0.1, -0.05) is 55.7 Å². The van der Waals surface area contributed by atoms with Crippen LogP contribution in [0, 0.1) is 17.2 Å². The Kier molecular flexibility index (Phi) is 6.80. The zero-order chi connectivity index (χ0) is 23.5. The Morgan fingerprint density at radius 3 is 2.48 bits per heavy atom. The highest BCUT2D eigenvalue weighted by molar-refractivity contribution is 5.95. The smallest absolute Gasteiger partial charge is 0.253 e. The number of carbonyl (C=O) groups is 2. The lowest BCUT2D eigenvalue weighted by molar-refractivity contribution is -0.152. The maximum atomic E-state index is 13.3. The molecule has 6 heteroatoms. The number of aliphatic hydroxyl groups excluding tert-OH is 1. The molecule has 0 unspecified atom stereocenters. The Bertz CT molecular complexity index is 1070. The standard InChI is InChI=1S/C27H31N3O3/c1-29(2)26(32)20-12-8-11-19(15-20)21-13-6-7-14-22(21)25-23(16-28)30(24(25)17-31)27(33)18-9-4-3-5-10-18/h6-8,11-15,18,23-25,31H,3-5,9-10,17H2,1-2H3/t23-,24-,25-/m0/s1. The van der Waals surface area contributed by atoms with Crippen LogP contribution in [-0.4, -0.2) is 59.5 Å². The fourth-order valence-electron chi connectivity index (χ4n) is 5.37. The van der Waals surface area contributed by atoms with Crippen LogP contribution in [0.3, 0.4) is 0 Å². The van der Waals surface area contributed by atoms with E-state index in [0.29, 0.717) is 5.56 Å². The molecule has 0 radical (unpaired) electrons. The average Bonchev–Trinajstić information content (AvgIpc) is 2.84. The molecule has 1 saturated heterocycles. The Labute approximate surface area is 195 Å². The second-order valence-corrected chi connectivity index (χ2v) is 9.30. The lowest BCUT2D eigenvalue weighted by atomic mass is 9.72. The van der Waals surface area contributed by atoms with Gasteiger partial charge in [-0.25, -0.2) is 0 Å². The summed E-state index contributed by atoms with van der Waals surface area (Å²) in [4.78, 5) is 28.9. The summed E-state index contributed by atoms with van der Waals surface area (Å²) in [5, 5.41) is 20.2. The summed E-state index contributed by atoms with van der Waals surface area (Å²) >= 11 is 0. The van der Waals surface area contributed by atoms with E-state index in [4.69, 9.17) is 0 Å². The van der Waals surface area contributed by atoms with Crippen LogP contribution in [-0.2, 0) is 4.79 Å². The molecule has 33 heavy (non-hydrogen) atoms. The number of nitrogens with zero attached hydrogens (tertiary/aromatic N) is 3. The van der Waals surface area contributed by atoms with Crippen LogP contribution < -0.4 is 0 Å². The van der Waals surface area contributed by atoms with Crippen LogP contribution in [0.5, 0.6) is 0 Å². The van der Waals surface area contributed by atoms with Crippen molar-refractivity contribution in [2.45, 2.75) is 50.1 Å². The minimum absolute atomic E-state index is 0.00704. The van der Waals surface area contributed by atoms with Crippen molar-refractivity contribution in [3.63, 3.8) is 0 Å². The van der Waals surface area contributed by atoms with E-state index in [1.54, 1.807) is 30.0 Å². The number of nitriles is 1. The van der Waals surface area contributed by atoms with E-state index < -0.39 is 12.1 Å².